The van der Waals surface area contributed by atoms with Gasteiger partial charge in [0, 0.05) is 28.3 Å². The molecule has 0 fully saturated rings. The lowest BCUT2D eigenvalue weighted by atomic mass is 10.1. The normalized spacial score (nSPS) is 10.6. The van der Waals surface area contributed by atoms with Gasteiger partial charge in [0.05, 0.1) is 5.56 Å². The Labute approximate surface area is 215 Å². The van der Waals surface area contributed by atoms with E-state index in [0.29, 0.717) is 0 Å². The molecule has 0 saturated carbocycles. The molecule has 0 amide bonds. The quantitative estimate of drug-likeness (QED) is 0.167. The second-order valence-electron chi connectivity index (χ2n) is 7.21. The Bertz CT molecular complexity index is 1170. The van der Waals surface area contributed by atoms with Crippen LogP contribution < -0.4 is 20.9 Å². The highest BCUT2D eigenvalue weighted by molar-refractivity contribution is 5.95. The molecule has 0 saturated heterocycles. The second-order valence-corrected chi connectivity index (χ2v) is 7.21. The molecule has 3 aromatic rings. The number of amidine groups is 2. The van der Waals surface area contributed by atoms with Crippen molar-refractivity contribution in [3.05, 3.63) is 94.0 Å². The van der Waals surface area contributed by atoms with Gasteiger partial charge in [-0.25, -0.2) is 8.78 Å². The van der Waals surface area contributed by atoms with E-state index in [9.17, 15) is 22.0 Å². The van der Waals surface area contributed by atoms with Crippen molar-refractivity contribution in [2.24, 2.45) is 11.5 Å². The summed E-state index contributed by atoms with van der Waals surface area (Å²) in [7, 11) is 0. The van der Waals surface area contributed by atoms with Gasteiger partial charge in [-0.05, 0) is 24.3 Å². The summed E-state index contributed by atoms with van der Waals surface area (Å²) in [5.41, 5.74) is 9.91. The fourth-order valence-electron chi connectivity index (χ4n) is 2.89. The molecule has 0 aromatic heterocycles. The first-order valence-corrected chi connectivity index (χ1v) is 9.67. The van der Waals surface area contributed by atoms with E-state index in [-0.39, 0.29) is 70.2 Å². The number of halogens is 7. The molecule has 194 valence electrons. The number of rotatable bonds is 8. The van der Waals surface area contributed by atoms with Crippen LogP contribution in [0.2, 0.25) is 0 Å². The lowest BCUT2D eigenvalue weighted by Crippen LogP contribution is -2.12. The molecule has 6 nitrogen and oxygen atoms in total. The zero-order valence-corrected chi connectivity index (χ0v) is 19.9. The van der Waals surface area contributed by atoms with E-state index < -0.39 is 36.6 Å². The number of hydrogen-bond donors (Lipinski definition) is 4. The van der Waals surface area contributed by atoms with Crippen LogP contribution in [0, 0.1) is 22.5 Å². The van der Waals surface area contributed by atoms with Gasteiger partial charge in [-0.15, -0.1) is 24.8 Å². The molecule has 0 aliphatic carbocycles. The molecule has 0 spiro atoms. The minimum Gasteiger partial charge on any atom is -0.489 e. The number of nitrogens with two attached hydrogens (primary N) is 2. The molecule has 0 heterocycles. The molecule has 0 bridgehead atoms. The summed E-state index contributed by atoms with van der Waals surface area (Å²) in [5.74, 6) is -2.63. The molecule has 3 rings (SSSR count). The first kappa shape index (κ1) is 30.5. The van der Waals surface area contributed by atoms with Gasteiger partial charge in [-0.2, -0.15) is 13.2 Å². The number of hydrogen-bond acceptors (Lipinski definition) is 4. The predicted octanol–water partition coefficient (Wildman–Crippen LogP) is 5.55. The van der Waals surface area contributed by atoms with E-state index in [1.165, 1.54) is 30.3 Å². The Balaban J connectivity index is 0.00000324. The van der Waals surface area contributed by atoms with Crippen molar-refractivity contribution >= 4 is 36.5 Å². The van der Waals surface area contributed by atoms with Gasteiger partial charge in [-0.1, -0.05) is 24.3 Å². The lowest BCUT2D eigenvalue weighted by Gasteiger charge is -2.15. The van der Waals surface area contributed by atoms with Crippen LogP contribution in [0.1, 0.15) is 27.8 Å². The molecule has 0 unspecified atom stereocenters. The third kappa shape index (κ3) is 7.72. The lowest BCUT2D eigenvalue weighted by molar-refractivity contribution is -0.137. The molecule has 36 heavy (non-hydrogen) atoms. The summed E-state index contributed by atoms with van der Waals surface area (Å²) in [6.07, 6.45) is -4.72. The molecule has 0 aliphatic heterocycles. The topological polar surface area (TPSA) is 118 Å². The maximum Gasteiger partial charge on any atom is 0.416 e. The van der Waals surface area contributed by atoms with Crippen molar-refractivity contribution in [3.8, 4) is 11.5 Å². The first-order chi connectivity index (χ1) is 15.9. The Kier molecular flexibility index (Phi) is 10.5. The van der Waals surface area contributed by atoms with Gasteiger partial charge in [-0.3, -0.25) is 10.8 Å². The average molecular weight is 551 g/mol. The summed E-state index contributed by atoms with van der Waals surface area (Å²) in [6, 6.07) is 10.1. The van der Waals surface area contributed by atoms with E-state index in [1.54, 1.807) is 0 Å². The number of alkyl halides is 3. The third-order valence-corrected chi connectivity index (χ3v) is 4.72. The van der Waals surface area contributed by atoms with Crippen LogP contribution in [0.5, 0.6) is 11.5 Å². The SMILES string of the molecule is Cl.Cl.N=C(N)c1ccc(COc2cc(OCc3ccc(C(=N)N)cc3F)cc(C(F)(F)F)c2)c(F)c1. The monoisotopic (exact) mass is 550 g/mol. The number of nitrogen functional groups attached to an aromatic ring is 2. The van der Waals surface area contributed by atoms with Crippen LogP contribution in [-0.2, 0) is 19.4 Å². The van der Waals surface area contributed by atoms with Crippen molar-refractivity contribution in [2.75, 3.05) is 0 Å². The smallest absolute Gasteiger partial charge is 0.416 e. The Morgan fingerprint density at radius 3 is 1.39 bits per heavy atom. The van der Waals surface area contributed by atoms with Gasteiger partial charge >= 0.3 is 6.18 Å². The Morgan fingerprint density at radius 2 is 1.08 bits per heavy atom. The number of benzene rings is 3. The molecule has 3 aromatic carbocycles. The summed E-state index contributed by atoms with van der Waals surface area (Å²) in [6.45, 7) is -0.794. The maximum absolute atomic E-state index is 14.2. The fraction of sp³-hybridized carbons (Fsp3) is 0.130. The molecular weight excluding hydrogens is 530 g/mol. The average Bonchev–Trinajstić information content (AvgIpc) is 2.76. The fourth-order valence-corrected chi connectivity index (χ4v) is 2.89. The highest BCUT2D eigenvalue weighted by atomic mass is 35.5. The summed E-state index contributed by atoms with van der Waals surface area (Å²) >= 11 is 0. The second kappa shape index (κ2) is 12.4. The zero-order chi connectivity index (χ0) is 25.0. The third-order valence-electron chi connectivity index (χ3n) is 4.72. The van der Waals surface area contributed by atoms with Crippen molar-refractivity contribution < 1.29 is 31.4 Å². The molecule has 0 atom stereocenters. The van der Waals surface area contributed by atoms with Crippen molar-refractivity contribution in [3.63, 3.8) is 0 Å². The zero-order valence-electron chi connectivity index (χ0n) is 18.3. The van der Waals surface area contributed by atoms with Crippen LogP contribution >= 0.6 is 24.8 Å². The van der Waals surface area contributed by atoms with Crippen LogP contribution in [0.15, 0.2) is 54.6 Å². The van der Waals surface area contributed by atoms with Crippen LogP contribution in [0.3, 0.4) is 0 Å². The van der Waals surface area contributed by atoms with E-state index in [0.717, 1.165) is 24.3 Å². The minimum atomic E-state index is -4.72. The molecule has 0 aliphatic rings. The maximum atomic E-state index is 14.2. The molecule has 13 heteroatoms. The van der Waals surface area contributed by atoms with Crippen LogP contribution in [0.25, 0.3) is 0 Å². The Hall–Kier alpha value is -3.57. The summed E-state index contributed by atoms with van der Waals surface area (Å²) in [4.78, 5) is 0. The standard InChI is InChI=1S/C23H19F5N4O2.2ClH/c24-19-5-12(21(29)30)1-3-14(19)10-33-17-7-16(23(26,27)28)8-18(9-17)34-11-15-4-2-13(22(31)32)6-20(15)25;;/h1-9H,10-11H2,(H3,29,30)(H3,31,32);2*1H. The summed E-state index contributed by atoms with van der Waals surface area (Å²) < 4.78 is 79.1. The number of nitrogens with one attached hydrogen (secondary N) is 2. The van der Waals surface area contributed by atoms with Crippen LogP contribution in [0.4, 0.5) is 22.0 Å². The van der Waals surface area contributed by atoms with Gasteiger partial charge in [0.25, 0.3) is 0 Å². The van der Waals surface area contributed by atoms with E-state index in [4.69, 9.17) is 31.8 Å². The molecular formula is C23H21Cl2F5N4O2. The van der Waals surface area contributed by atoms with Crippen molar-refractivity contribution in [1.82, 2.24) is 0 Å². The number of ether oxygens (including phenoxy) is 2. The van der Waals surface area contributed by atoms with Gasteiger partial charge in [0.15, 0.2) is 0 Å². The van der Waals surface area contributed by atoms with Crippen molar-refractivity contribution in [1.29, 1.82) is 10.8 Å². The largest absolute Gasteiger partial charge is 0.489 e. The first-order valence-electron chi connectivity index (χ1n) is 9.67. The van der Waals surface area contributed by atoms with Gasteiger partial charge in [0.2, 0.25) is 0 Å². The van der Waals surface area contributed by atoms with E-state index >= 15 is 0 Å². The van der Waals surface area contributed by atoms with E-state index in [1.807, 2.05) is 0 Å². The van der Waals surface area contributed by atoms with Crippen molar-refractivity contribution in [2.45, 2.75) is 19.4 Å². The minimum absolute atomic E-state index is 0. The highest BCUT2D eigenvalue weighted by Gasteiger charge is 2.32. The van der Waals surface area contributed by atoms with Gasteiger partial charge < -0.3 is 20.9 Å². The molecule has 0 radical (unpaired) electrons. The summed E-state index contributed by atoms with van der Waals surface area (Å²) in [5, 5.41) is 14.6. The van der Waals surface area contributed by atoms with E-state index in [2.05, 4.69) is 0 Å². The van der Waals surface area contributed by atoms with Gasteiger partial charge in [0.1, 0.15) is 48.0 Å². The Morgan fingerprint density at radius 1 is 0.694 bits per heavy atom. The molecule has 6 N–H and O–H groups in total. The van der Waals surface area contributed by atoms with Crippen LogP contribution in [-0.4, -0.2) is 11.7 Å². The predicted molar refractivity (Wildman–Crippen MR) is 129 cm³/mol. The highest BCUT2D eigenvalue weighted by Crippen LogP contribution is 2.35.